The van der Waals surface area contributed by atoms with Gasteiger partial charge in [-0.2, -0.15) is 0 Å². The lowest BCUT2D eigenvalue weighted by molar-refractivity contribution is -0.118. The number of aromatic nitrogens is 1. The van der Waals surface area contributed by atoms with E-state index in [1.165, 1.54) is 0 Å². The van der Waals surface area contributed by atoms with Crippen molar-refractivity contribution in [2.75, 3.05) is 11.9 Å². The first-order chi connectivity index (χ1) is 11.6. The maximum atomic E-state index is 12.0. The molecule has 0 fully saturated rings. The number of hydrogen-bond acceptors (Lipinski definition) is 4. The van der Waals surface area contributed by atoms with Gasteiger partial charge in [-0.3, -0.25) is 10.1 Å². The van der Waals surface area contributed by atoms with Crippen LogP contribution >= 0.6 is 11.6 Å². The van der Waals surface area contributed by atoms with E-state index in [1.54, 1.807) is 24.3 Å². The quantitative estimate of drug-likeness (QED) is 0.750. The highest BCUT2D eigenvalue weighted by Crippen LogP contribution is 2.23. The number of halogens is 1. The fourth-order valence-electron chi connectivity index (χ4n) is 2.17. The summed E-state index contributed by atoms with van der Waals surface area (Å²) in [5, 5.41) is 7.17. The molecule has 6 heteroatoms. The van der Waals surface area contributed by atoms with Crippen molar-refractivity contribution in [2.24, 2.45) is 0 Å². The number of amides is 1. The van der Waals surface area contributed by atoms with Crippen LogP contribution in [0.15, 0.2) is 59.1 Å². The zero-order valence-electron chi connectivity index (χ0n) is 13.0. The Balaban J connectivity index is 1.58. The Morgan fingerprint density at radius 2 is 2.00 bits per heavy atom. The lowest BCUT2D eigenvalue weighted by Gasteiger charge is -2.08. The van der Waals surface area contributed by atoms with Crippen LogP contribution in [-0.2, 0) is 4.79 Å². The van der Waals surface area contributed by atoms with Gasteiger partial charge in [-0.05, 0) is 30.7 Å². The first kappa shape index (κ1) is 16.1. The van der Waals surface area contributed by atoms with Crippen LogP contribution in [0.25, 0.3) is 11.3 Å². The van der Waals surface area contributed by atoms with Crippen molar-refractivity contribution in [3.63, 3.8) is 0 Å². The van der Waals surface area contributed by atoms with Crippen LogP contribution in [-0.4, -0.2) is 17.7 Å². The van der Waals surface area contributed by atoms with Gasteiger partial charge >= 0.3 is 0 Å². The molecule has 3 rings (SSSR count). The van der Waals surface area contributed by atoms with Crippen molar-refractivity contribution in [3.05, 3.63) is 65.2 Å². The number of rotatable bonds is 5. The van der Waals surface area contributed by atoms with Gasteiger partial charge in [0.05, 0.1) is 0 Å². The molecule has 0 unspecified atom stereocenters. The maximum Gasteiger partial charge on any atom is 0.264 e. The van der Waals surface area contributed by atoms with Crippen molar-refractivity contribution in [2.45, 2.75) is 6.92 Å². The lowest BCUT2D eigenvalue weighted by atomic mass is 10.2. The third-order valence-corrected chi connectivity index (χ3v) is 3.57. The Bertz CT molecular complexity index is 846. The number of aryl methyl sites for hydroxylation is 1. The van der Waals surface area contributed by atoms with E-state index in [2.05, 4.69) is 10.5 Å². The van der Waals surface area contributed by atoms with E-state index in [1.807, 2.05) is 37.3 Å². The van der Waals surface area contributed by atoms with Crippen molar-refractivity contribution < 1.29 is 14.1 Å². The molecule has 1 heterocycles. The Labute approximate surface area is 144 Å². The molecule has 0 atom stereocenters. The molecule has 0 bridgehead atoms. The van der Waals surface area contributed by atoms with Crippen LogP contribution in [0.2, 0.25) is 5.02 Å². The lowest BCUT2D eigenvalue weighted by Crippen LogP contribution is -2.20. The van der Waals surface area contributed by atoms with Crippen LogP contribution in [0.4, 0.5) is 5.88 Å². The number of anilines is 1. The summed E-state index contributed by atoms with van der Waals surface area (Å²) in [6.45, 7) is 1.73. The predicted molar refractivity (Wildman–Crippen MR) is 92.3 cm³/mol. The van der Waals surface area contributed by atoms with E-state index in [0.717, 1.165) is 11.1 Å². The zero-order chi connectivity index (χ0) is 16.9. The van der Waals surface area contributed by atoms with E-state index in [4.69, 9.17) is 20.9 Å². The normalized spacial score (nSPS) is 10.4. The number of ether oxygens (including phenoxy) is 1. The topological polar surface area (TPSA) is 64.4 Å². The summed E-state index contributed by atoms with van der Waals surface area (Å²) in [7, 11) is 0. The molecule has 0 spiro atoms. The van der Waals surface area contributed by atoms with Crippen LogP contribution in [0.1, 0.15) is 5.56 Å². The summed E-state index contributed by atoms with van der Waals surface area (Å²) in [6, 6.07) is 16.4. The fraction of sp³-hybridized carbons (Fsp3) is 0.111. The Morgan fingerprint density at radius 1 is 1.21 bits per heavy atom. The zero-order valence-corrected chi connectivity index (χ0v) is 13.7. The molecule has 1 amide bonds. The second-order valence-corrected chi connectivity index (χ2v) is 5.63. The molecule has 0 aliphatic rings. The maximum absolute atomic E-state index is 12.0. The van der Waals surface area contributed by atoms with Gasteiger partial charge in [0, 0.05) is 16.7 Å². The first-order valence-electron chi connectivity index (χ1n) is 7.33. The monoisotopic (exact) mass is 342 g/mol. The summed E-state index contributed by atoms with van der Waals surface area (Å²) < 4.78 is 10.6. The summed E-state index contributed by atoms with van der Waals surface area (Å²) in [5.41, 5.74) is 2.43. The van der Waals surface area contributed by atoms with E-state index in [0.29, 0.717) is 16.5 Å². The SMILES string of the molecule is Cc1cc(Cl)ccc1OCC(=O)Nc1cc(-c2ccccc2)no1. The van der Waals surface area contributed by atoms with E-state index in [-0.39, 0.29) is 18.4 Å². The molecule has 1 aromatic heterocycles. The number of carbonyl (C=O) groups excluding carboxylic acids is 1. The third kappa shape index (κ3) is 3.94. The highest BCUT2D eigenvalue weighted by atomic mass is 35.5. The van der Waals surface area contributed by atoms with Crippen molar-refractivity contribution >= 4 is 23.4 Å². The van der Waals surface area contributed by atoms with Gasteiger partial charge in [-0.15, -0.1) is 0 Å². The van der Waals surface area contributed by atoms with Crippen molar-refractivity contribution in [3.8, 4) is 17.0 Å². The highest BCUT2D eigenvalue weighted by molar-refractivity contribution is 6.30. The minimum Gasteiger partial charge on any atom is -0.483 e. The number of nitrogens with one attached hydrogen (secondary N) is 1. The molecule has 0 radical (unpaired) electrons. The first-order valence-corrected chi connectivity index (χ1v) is 7.70. The molecule has 122 valence electrons. The fourth-order valence-corrected chi connectivity index (χ4v) is 2.40. The molecule has 3 aromatic rings. The molecule has 0 aliphatic heterocycles. The largest absolute Gasteiger partial charge is 0.483 e. The molecule has 0 saturated heterocycles. The molecule has 24 heavy (non-hydrogen) atoms. The molecule has 0 aliphatic carbocycles. The molecule has 2 aromatic carbocycles. The van der Waals surface area contributed by atoms with Crippen LogP contribution in [0.3, 0.4) is 0 Å². The number of nitrogens with zero attached hydrogens (tertiary/aromatic N) is 1. The van der Waals surface area contributed by atoms with Gasteiger partial charge < -0.3 is 9.26 Å². The van der Waals surface area contributed by atoms with Gasteiger partial charge in [-0.1, -0.05) is 47.1 Å². The van der Waals surface area contributed by atoms with Gasteiger partial charge in [0.2, 0.25) is 5.88 Å². The Morgan fingerprint density at radius 3 is 2.75 bits per heavy atom. The summed E-state index contributed by atoms with van der Waals surface area (Å²) >= 11 is 5.89. The second kappa shape index (κ2) is 7.19. The van der Waals surface area contributed by atoms with Gasteiger partial charge in [0.1, 0.15) is 11.4 Å². The molecule has 0 saturated carbocycles. The summed E-state index contributed by atoms with van der Waals surface area (Å²) in [6.07, 6.45) is 0. The number of benzene rings is 2. The van der Waals surface area contributed by atoms with Crippen LogP contribution < -0.4 is 10.1 Å². The summed E-state index contributed by atoms with van der Waals surface area (Å²) in [4.78, 5) is 12.0. The van der Waals surface area contributed by atoms with Gasteiger partial charge in [0.25, 0.3) is 5.91 Å². The predicted octanol–water partition coefficient (Wildman–Crippen LogP) is 4.32. The third-order valence-electron chi connectivity index (χ3n) is 3.34. The number of carbonyl (C=O) groups is 1. The average Bonchev–Trinajstić information content (AvgIpc) is 3.03. The van der Waals surface area contributed by atoms with Gasteiger partial charge in [-0.25, -0.2) is 0 Å². The van der Waals surface area contributed by atoms with Gasteiger partial charge in [0.15, 0.2) is 6.61 Å². The molecular formula is C18H15ClN2O3. The molecule has 5 nitrogen and oxygen atoms in total. The van der Waals surface area contributed by atoms with E-state index in [9.17, 15) is 4.79 Å². The average molecular weight is 343 g/mol. The standard InChI is InChI=1S/C18H15ClN2O3/c1-12-9-14(19)7-8-16(12)23-11-17(22)20-18-10-15(21-24-18)13-5-3-2-4-6-13/h2-10H,11H2,1H3,(H,20,22). The van der Waals surface area contributed by atoms with Crippen LogP contribution in [0, 0.1) is 6.92 Å². The summed E-state index contributed by atoms with van der Waals surface area (Å²) in [5.74, 6) is 0.549. The van der Waals surface area contributed by atoms with E-state index < -0.39 is 0 Å². The Kier molecular flexibility index (Phi) is 4.82. The molecular weight excluding hydrogens is 328 g/mol. The highest BCUT2D eigenvalue weighted by Gasteiger charge is 2.10. The minimum atomic E-state index is -0.333. The molecule has 1 N–H and O–H groups in total. The Hall–Kier alpha value is -2.79. The smallest absolute Gasteiger partial charge is 0.264 e. The van der Waals surface area contributed by atoms with Crippen molar-refractivity contribution in [1.82, 2.24) is 5.16 Å². The van der Waals surface area contributed by atoms with E-state index >= 15 is 0 Å². The minimum absolute atomic E-state index is 0.135. The number of hydrogen-bond donors (Lipinski definition) is 1. The van der Waals surface area contributed by atoms with Crippen LogP contribution in [0.5, 0.6) is 5.75 Å². The van der Waals surface area contributed by atoms with Crippen molar-refractivity contribution in [1.29, 1.82) is 0 Å². The second-order valence-electron chi connectivity index (χ2n) is 5.19.